The van der Waals surface area contributed by atoms with Gasteiger partial charge in [-0.25, -0.2) is 9.59 Å². The lowest BCUT2D eigenvalue weighted by Crippen LogP contribution is -2.29. The molecule has 11 heavy (non-hydrogen) atoms. The Labute approximate surface area is 62.6 Å². The largest absolute Gasteiger partial charge is 0.479 e. The summed E-state index contributed by atoms with van der Waals surface area (Å²) in [6.45, 7) is 1.58. The topological polar surface area (TPSA) is 87.1 Å². The molecule has 2 N–H and O–H groups in total. The monoisotopic (exact) mass is 160 g/mol. The van der Waals surface area contributed by atoms with Gasteiger partial charge in [-0.05, 0) is 6.42 Å². The van der Waals surface area contributed by atoms with E-state index in [0.29, 0.717) is 0 Å². The van der Waals surface area contributed by atoms with Crippen LogP contribution in [-0.2, 0) is 14.3 Å². The van der Waals surface area contributed by atoms with Crippen molar-refractivity contribution in [2.75, 3.05) is 0 Å². The number of hydrogen-bond donors (Lipinski definition) is 2. The highest BCUT2D eigenvalue weighted by Crippen LogP contribution is 2.39. The molecule has 0 aromatic rings. The molecule has 1 heterocycles. The minimum Gasteiger partial charge on any atom is -0.479 e. The summed E-state index contributed by atoms with van der Waals surface area (Å²) < 4.78 is 4.58. The Hall–Kier alpha value is -1.10. The maximum absolute atomic E-state index is 10.4. The van der Waals surface area contributed by atoms with Gasteiger partial charge >= 0.3 is 11.9 Å². The van der Waals surface area contributed by atoms with Gasteiger partial charge in [0, 0.05) is 0 Å². The van der Waals surface area contributed by atoms with Gasteiger partial charge < -0.3 is 14.9 Å². The molecule has 1 rings (SSSR count). The van der Waals surface area contributed by atoms with Crippen molar-refractivity contribution < 1.29 is 24.5 Å². The van der Waals surface area contributed by atoms with Crippen molar-refractivity contribution in [3.8, 4) is 0 Å². The van der Waals surface area contributed by atoms with Gasteiger partial charge in [0.25, 0.3) is 0 Å². The summed E-state index contributed by atoms with van der Waals surface area (Å²) in [5.74, 6) is -2.42. The number of epoxide rings is 1. The Morgan fingerprint density at radius 1 is 1.55 bits per heavy atom. The van der Waals surface area contributed by atoms with E-state index in [0.717, 1.165) is 0 Å². The summed E-state index contributed by atoms with van der Waals surface area (Å²) in [6.07, 6.45) is -0.982. The van der Waals surface area contributed by atoms with E-state index in [2.05, 4.69) is 4.74 Å². The lowest BCUT2D eigenvalue weighted by molar-refractivity contribution is -0.144. The number of hydrogen-bond acceptors (Lipinski definition) is 3. The minimum atomic E-state index is -1.45. The predicted molar refractivity (Wildman–Crippen MR) is 33.2 cm³/mol. The van der Waals surface area contributed by atoms with Gasteiger partial charge in [0.15, 0.2) is 6.10 Å². The SMILES string of the molecule is CC[C@]1(C(=O)O)O[C@H]1C(=O)O. The second-order valence-corrected chi connectivity index (χ2v) is 2.38. The van der Waals surface area contributed by atoms with E-state index >= 15 is 0 Å². The number of rotatable bonds is 3. The molecule has 0 bridgehead atoms. The molecule has 0 aliphatic carbocycles. The quantitative estimate of drug-likeness (QED) is 0.553. The van der Waals surface area contributed by atoms with E-state index in [1.54, 1.807) is 6.92 Å². The maximum Gasteiger partial charge on any atom is 0.339 e. The highest BCUT2D eigenvalue weighted by molar-refractivity contribution is 5.92. The summed E-state index contributed by atoms with van der Waals surface area (Å²) in [7, 11) is 0. The van der Waals surface area contributed by atoms with Gasteiger partial charge in [-0.1, -0.05) is 6.92 Å². The molecule has 0 radical (unpaired) electrons. The van der Waals surface area contributed by atoms with E-state index < -0.39 is 23.6 Å². The molecule has 1 fully saturated rings. The number of carboxylic acid groups (broad SMARTS) is 2. The van der Waals surface area contributed by atoms with Crippen LogP contribution in [-0.4, -0.2) is 33.9 Å². The van der Waals surface area contributed by atoms with Gasteiger partial charge in [-0.15, -0.1) is 0 Å². The highest BCUT2D eigenvalue weighted by Gasteiger charge is 2.66. The van der Waals surface area contributed by atoms with Gasteiger partial charge in [0.05, 0.1) is 0 Å². The smallest absolute Gasteiger partial charge is 0.339 e. The predicted octanol–water partition coefficient (Wildman–Crippen LogP) is -0.297. The first-order chi connectivity index (χ1) is 5.04. The van der Waals surface area contributed by atoms with E-state index in [9.17, 15) is 9.59 Å². The zero-order valence-corrected chi connectivity index (χ0v) is 5.90. The van der Waals surface area contributed by atoms with Gasteiger partial charge in [-0.3, -0.25) is 0 Å². The fraction of sp³-hybridized carbons (Fsp3) is 0.667. The zero-order valence-electron chi connectivity index (χ0n) is 5.90. The molecule has 5 heteroatoms. The van der Waals surface area contributed by atoms with Crippen molar-refractivity contribution in [2.24, 2.45) is 0 Å². The highest BCUT2D eigenvalue weighted by atomic mass is 16.6. The molecule has 0 aromatic carbocycles. The first-order valence-electron chi connectivity index (χ1n) is 3.18. The number of aliphatic carboxylic acids is 2. The van der Waals surface area contributed by atoms with Crippen LogP contribution in [0.25, 0.3) is 0 Å². The molecule has 0 amide bonds. The van der Waals surface area contributed by atoms with Crippen LogP contribution >= 0.6 is 0 Å². The van der Waals surface area contributed by atoms with E-state index in [-0.39, 0.29) is 6.42 Å². The molecule has 1 aliphatic heterocycles. The van der Waals surface area contributed by atoms with Crippen LogP contribution in [0.2, 0.25) is 0 Å². The molecular weight excluding hydrogens is 152 g/mol. The molecule has 2 atom stereocenters. The number of carboxylic acids is 2. The molecule has 1 aliphatic rings. The standard InChI is InChI=1S/C6H8O5/c1-2-6(5(9)10)3(11-6)4(7)8/h3H,2H2,1H3,(H,7,8)(H,9,10)/t3-,6-/m0/s1. The summed E-state index contributed by atoms with van der Waals surface area (Å²) in [4.78, 5) is 20.7. The van der Waals surface area contributed by atoms with E-state index in [1.165, 1.54) is 0 Å². The summed E-state index contributed by atoms with van der Waals surface area (Å²) >= 11 is 0. The van der Waals surface area contributed by atoms with Crippen molar-refractivity contribution in [1.29, 1.82) is 0 Å². The summed E-state index contributed by atoms with van der Waals surface area (Å²) in [6, 6.07) is 0. The first-order valence-corrected chi connectivity index (χ1v) is 3.18. The Bertz CT molecular complexity index is 211. The Kier molecular flexibility index (Phi) is 1.60. The Morgan fingerprint density at radius 3 is 2.18 bits per heavy atom. The summed E-state index contributed by atoms with van der Waals surface area (Å²) in [5, 5.41) is 16.9. The van der Waals surface area contributed by atoms with Crippen LogP contribution in [0.5, 0.6) is 0 Å². The van der Waals surface area contributed by atoms with E-state index in [1.807, 2.05) is 0 Å². The molecular formula is C6H8O5. The van der Waals surface area contributed by atoms with Gasteiger partial charge in [0.1, 0.15) is 0 Å². The normalized spacial score (nSPS) is 34.8. The van der Waals surface area contributed by atoms with E-state index in [4.69, 9.17) is 10.2 Å². The average molecular weight is 160 g/mol. The van der Waals surface area contributed by atoms with Crippen LogP contribution in [0.15, 0.2) is 0 Å². The maximum atomic E-state index is 10.4. The molecule has 0 unspecified atom stereocenters. The van der Waals surface area contributed by atoms with Crippen LogP contribution in [0.4, 0.5) is 0 Å². The third-order valence-electron chi connectivity index (χ3n) is 1.81. The molecule has 62 valence electrons. The second-order valence-electron chi connectivity index (χ2n) is 2.38. The van der Waals surface area contributed by atoms with Gasteiger partial charge in [0.2, 0.25) is 5.60 Å². The molecule has 0 aromatic heterocycles. The molecule has 0 spiro atoms. The summed E-state index contributed by atoms with van der Waals surface area (Å²) in [5.41, 5.74) is -1.45. The van der Waals surface area contributed by atoms with Crippen molar-refractivity contribution in [2.45, 2.75) is 25.0 Å². The minimum absolute atomic E-state index is 0.180. The lowest BCUT2D eigenvalue weighted by atomic mass is 10.0. The van der Waals surface area contributed by atoms with Crippen molar-refractivity contribution in [1.82, 2.24) is 0 Å². The van der Waals surface area contributed by atoms with Crippen molar-refractivity contribution in [3.63, 3.8) is 0 Å². The number of carbonyl (C=O) groups is 2. The zero-order chi connectivity index (χ0) is 8.65. The van der Waals surface area contributed by atoms with Crippen LogP contribution in [0, 0.1) is 0 Å². The van der Waals surface area contributed by atoms with Gasteiger partial charge in [-0.2, -0.15) is 0 Å². The van der Waals surface area contributed by atoms with Crippen molar-refractivity contribution >= 4 is 11.9 Å². The Morgan fingerprint density at radius 2 is 2.09 bits per heavy atom. The average Bonchev–Trinajstić information content (AvgIpc) is 2.62. The molecule has 5 nitrogen and oxygen atoms in total. The molecule has 1 saturated heterocycles. The van der Waals surface area contributed by atoms with Crippen LogP contribution < -0.4 is 0 Å². The number of ether oxygens (including phenoxy) is 1. The van der Waals surface area contributed by atoms with Crippen LogP contribution in [0.1, 0.15) is 13.3 Å². The fourth-order valence-electron chi connectivity index (χ4n) is 1.01. The third kappa shape index (κ3) is 0.970. The van der Waals surface area contributed by atoms with Crippen molar-refractivity contribution in [3.05, 3.63) is 0 Å². The fourth-order valence-corrected chi connectivity index (χ4v) is 1.01. The first kappa shape index (κ1) is 8.00. The lowest BCUT2D eigenvalue weighted by Gasteiger charge is -1.99. The van der Waals surface area contributed by atoms with Crippen LogP contribution in [0.3, 0.4) is 0 Å². The third-order valence-corrected chi connectivity index (χ3v) is 1.81. The Balaban J connectivity index is 2.71. The second kappa shape index (κ2) is 2.20. The molecule has 0 saturated carbocycles.